The first kappa shape index (κ1) is 20.4. The molecule has 5 rings (SSSR count). The Balaban J connectivity index is 1.53. The highest BCUT2D eigenvalue weighted by Crippen LogP contribution is 2.42. The lowest BCUT2D eigenvalue weighted by molar-refractivity contribution is -0.110. The minimum absolute atomic E-state index is 0.0335. The van der Waals surface area contributed by atoms with E-state index in [1.807, 2.05) is 24.3 Å². The maximum Gasteiger partial charge on any atom is 0.260 e. The number of fused-ring (bicyclic) bond motifs is 1. The molecule has 3 aromatic rings. The van der Waals surface area contributed by atoms with Crippen LogP contribution in [0.15, 0.2) is 47.0 Å². The summed E-state index contributed by atoms with van der Waals surface area (Å²) in [6.45, 7) is 3.14. The van der Waals surface area contributed by atoms with Gasteiger partial charge >= 0.3 is 0 Å². The molecule has 2 aliphatic rings. The van der Waals surface area contributed by atoms with Gasteiger partial charge in [-0.15, -0.1) is 0 Å². The van der Waals surface area contributed by atoms with Crippen LogP contribution in [0.5, 0.6) is 5.88 Å². The predicted molar refractivity (Wildman–Crippen MR) is 121 cm³/mol. The van der Waals surface area contributed by atoms with Crippen LogP contribution in [0, 0.1) is 0 Å². The molecular formula is C23H20ClN3O5. The number of amides is 1. The average molecular weight is 454 g/mol. The van der Waals surface area contributed by atoms with E-state index < -0.39 is 5.91 Å². The number of aliphatic hydroxyl groups is 1. The fourth-order valence-corrected chi connectivity index (χ4v) is 4.18. The molecule has 0 atom stereocenters. The Morgan fingerprint density at radius 2 is 1.91 bits per heavy atom. The normalized spacial score (nSPS) is 17.2. The molecule has 2 aliphatic heterocycles. The first-order chi connectivity index (χ1) is 15.5. The number of nitrogens with one attached hydrogen (secondary N) is 1. The van der Waals surface area contributed by atoms with Crippen LogP contribution in [0.25, 0.3) is 22.5 Å². The Hall–Kier alpha value is -3.49. The summed E-state index contributed by atoms with van der Waals surface area (Å²) >= 11 is 6.54. The minimum Gasteiger partial charge on any atom is -0.504 e. The number of ether oxygens (including phenoxy) is 2. The number of methoxy groups -OCH3 is 1. The molecule has 0 bridgehead atoms. The summed E-state index contributed by atoms with van der Waals surface area (Å²) in [6, 6.07) is 13.0. The van der Waals surface area contributed by atoms with Gasteiger partial charge in [0.05, 0.1) is 42.7 Å². The van der Waals surface area contributed by atoms with E-state index in [4.69, 9.17) is 25.6 Å². The van der Waals surface area contributed by atoms with Gasteiger partial charge in [-0.3, -0.25) is 4.79 Å². The highest BCUT2D eigenvalue weighted by atomic mass is 35.5. The highest BCUT2D eigenvalue weighted by Gasteiger charge is 2.31. The second kappa shape index (κ2) is 8.22. The maximum absolute atomic E-state index is 12.6. The molecule has 2 N–H and O–H groups in total. The first-order valence-corrected chi connectivity index (χ1v) is 10.5. The number of aromatic nitrogens is 1. The van der Waals surface area contributed by atoms with E-state index in [0.717, 1.165) is 43.1 Å². The molecule has 8 nitrogen and oxygen atoms in total. The van der Waals surface area contributed by atoms with Crippen LogP contribution in [-0.2, 0) is 9.53 Å². The molecule has 0 spiro atoms. The van der Waals surface area contributed by atoms with Crippen molar-refractivity contribution in [3.05, 3.63) is 58.8 Å². The molecule has 0 aliphatic carbocycles. The van der Waals surface area contributed by atoms with E-state index in [1.165, 1.54) is 13.2 Å². The number of hydrogen-bond donors (Lipinski definition) is 2. The molecule has 32 heavy (non-hydrogen) atoms. The summed E-state index contributed by atoms with van der Waals surface area (Å²) < 4.78 is 15.5. The Bertz CT molecular complexity index is 1210. The van der Waals surface area contributed by atoms with Crippen molar-refractivity contribution in [3.8, 4) is 17.0 Å². The number of anilines is 2. The van der Waals surface area contributed by atoms with Crippen molar-refractivity contribution in [2.75, 3.05) is 43.6 Å². The fraction of sp³-hybridized carbons (Fsp3) is 0.217. The largest absolute Gasteiger partial charge is 0.504 e. The van der Waals surface area contributed by atoms with Crippen LogP contribution < -0.4 is 15.0 Å². The van der Waals surface area contributed by atoms with Gasteiger partial charge in [0.1, 0.15) is 0 Å². The molecule has 0 unspecified atom stereocenters. The minimum atomic E-state index is -0.455. The quantitative estimate of drug-likeness (QED) is 0.451. The second-order valence-electron chi connectivity index (χ2n) is 7.44. The van der Waals surface area contributed by atoms with Gasteiger partial charge < -0.3 is 29.3 Å². The van der Waals surface area contributed by atoms with E-state index in [9.17, 15) is 9.90 Å². The van der Waals surface area contributed by atoms with Gasteiger partial charge in [0.2, 0.25) is 5.76 Å². The first-order valence-electron chi connectivity index (χ1n) is 10.1. The van der Waals surface area contributed by atoms with E-state index >= 15 is 0 Å². The summed E-state index contributed by atoms with van der Waals surface area (Å²) in [5.74, 6) is -0.550. The molecule has 1 fully saturated rings. The van der Waals surface area contributed by atoms with Gasteiger partial charge in [-0.1, -0.05) is 23.7 Å². The molecule has 1 amide bonds. The molecule has 1 aromatic heterocycles. The summed E-state index contributed by atoms with van der Waals surface area (Å²) in [5.41, 5.74) is 3.89. The molecule has 3 heterocycles. The number of aliphatic hydroxyl groups excluding tert-OH is 1. The van der Waals surface area contributed by atoms with Gasteiger partial charge in [0.25, 0.3) is 11.8 Å². The number of halogens is 1. The van der Waals surface area contributed by atoms with E-state index in [-0.39, 0.29) is 23.0 Å². The van der Waals surface area contributed by atoms with E-state index in [2.05, 4.69) is 15.4 Å². The van der Waals surface area contributed by atoms with Crippen molar-refractivity contribution in [3.63, 3.8) is 0 Å². The Morgan fingerprint density at radius 1 is 1.16 bits per heavy atom. The molecule has 1 saturated heterocycles. The number of benzene rings is 2. The van der Waals surface area contributed by atoms with Crippen molar-refractivity contribution < 1.29 is 23.9 Å². The van der Waals surface area contributed by atoms with Gasteiger partial charge in [0, 0.05) is 29.9 Å². The Labute approximate surface area is 189 Å². The van der Waals surface area contributed by atoms with Gasteiger partial charge in [-0.2, -0.15) is 0 Å². The third-order valence-electron chi connectivity index (χ3n) is 5.57. The monoisotopic (exact) mass is 453 g/mol. The molecule has 164 valence electrons. The van der Waals surface area contributed by atoms with Crippen LogP contribution in [0.2, 0.25) is 5.02 Å². The van der Waals surface area contributed by atoms with Crippen molar-refractivity contribution in [1.82, 2.24) is 5.16 Å². The van der Waals surface area contributed by atoms with E-state index in [1.54, 1.807) is 12.1 Å². The number of nitrogens with zero attached hydrogens (tertiary/aromatic N) is 2. The Kier molecular flexibility index (Phi) is 5.24. The van der Waals surface area contributed by atoms with Crippen molar-refractivity contribution in [2.45, 2.75) is 0 Å². The van der Waals surface area contributed by atoms with Gasteiger partial charge in [-0.25, -0.2) is 0 Å². The predicted octanol–water partition coefficient (Wildman–Crippen LogP) is 4.22. The van der Waals surface area contributed by atoms with Crippen LogP contribution in [0.3, 0.4) is 0 Å². The zero-order chi connectivity index (χ0) is 22.2. The fourth-order valence-electron chi connectivity index (χ4n) is 3.91. The highest BCUT2D eigenvalue weighted by molar-refractivity contribution is 6.38. The van der Waals surface area contributed by atoms with E-state index in [0.29, 0.717) is 16.3 Å². The lowest BCUT2D eigenvalue weighted by Gasteiger charge is -2.29. The summed E-state index contributed by atoms with van der Waals surface area (Å²) in [5, 5.41) is 17.6. The zero-order valence-corrected chi connectivity index (χ0v) is 18.0. The molecule has 2 aromatic carbocycles. The third kappa shape index (κ3) is 3.57. The topological polar surface area (TPSA) is 97.1 Å². The molecule has 0 radical (unpaired) electrons. The third-order valence-corrected chi connectivity index (χ3v) is 5.89. The number of carbonyl (C=O) groups excluding carboxylic acids is 1. The van der Waals surface area contributed by atoms with Crippen molar-refractivity contribution >= 4 is 40.2 Å². The lowest BCUT2D eigenvalue weighted by atomic mass is 9.98. The summed E-state index contributed by atoms with van der Waals surface area (Å²) in [6.07, 6.45) is 0. The van der Waals surface area contributed by atoms with Crippen LogP contribution in [-0.4, -0.2) is 49.6 Å². The molecular weight excluding hydrogens is 434 g/mol. The standard InChI is InChI=1S/C23H20ClN3O5/c1-30-20-12-19(32-26-20)22(28)21-16-10-15(17(24)11-18(16)25-23(21)29)13-2-4-14(5-3-13)27-6-8-31-9-7-27/h2-5,10-12,28H,6-9H2,1H3,(H,25,29)/b22-21+. The zero-order valence-electron chi connectivity index (χ0n) is 17.2. The lowest BCUT2D eigenvalue weighted by Crippen LogP contribution is -2.36. The number of rotatable bonds is 4. The molecule has 9 heteroatoms. The molecule has 0 saturated carbocycles. The van der Waals surface area contributed by atoms with Crippen molar-refractivity contribution in [2.24, 2.45) is 0 Å². The van der Waals surface area contributed by atoms with Crippen LogP contribution >= 0.6 is 11.6 Å². The van der Waals surface area contributed by atoms with Crippen LogP contribution in [0.1, 0.15) is 11.3 Å². The number of carbonyl (C=O) groups is 1. The Morgan fingerprint density at radius 3 is 2.59 bits per heavy atom. The number of hydrogen-bond acceptors (Lipinski definition) is 7. The van der Waals surface area contributed by atoms with Gasteiger partial charge in [0.15, 0.2) is 5.76 Å². The van der Waals surface area contributed by atoms with Crippen molar-refractivity contribution in [1.29, 1.82) is 0 Å². The second-order valence-corrected chi connectivity index (χ2v) is 7.84. The smallest absolute Gasteiger partial charge is 0.260 e. The SMILES string of the molecule is COc1cc(/C(O)=C2\C(=O)Nc3cc(Cl)c(-c4ccc(N5CCOCC5)cc4)cc32)on1. The summed E-state index contributed by atoms with van der Waals surface area (Å²) in [7, 11) is 1.43. The average Bonchev–Trinajstić information content (AvgIpc) is 3.42. The van der Waals surface area contributed by atoms with Crippen LogP contribution in [0.4, 0.5) is 11.4 Å². The maximum atomic E-state index is 12.6. The van der Waals surface area contributed by atoms with Gasteiger partial charge in [-0.05, 0) is 35.0 Å². The number of morpholine rings is 1. The summed E-state index contributed by atoms with van der Waals surface area (Å²) in [4.78, 5) is 14.9.